The first-order valence-electron chi connectivity index (χ1n) is 10.7. The van der Waals surface area contributed by atoms with Gasteiger partial charge in [0.15, 0.2) is 5.69 Å². The van der Waals surface area contributed by atoms with Crippen LogP contribution in [0.5, 0.6) is 5.75 Å². The highest BCUT2D eigenvalue weighted by Gasteiger charge is 2.26. The Bertz CT molecular complexity index is 1210. The third kappa shape index (κ3) is 3.89. The summed E-state index contributed by atoms with van der Waals surface area (Å²) in [5, 5.41) is 8.71. The SMILES string of the molecule is O=C(NCCCOc1cccc2cccnc12)c1nn(-c2ccccc2)c2c1CCC2. The molecule has 4 aromatic rings. The zero-order valence-corrected chi connectivity index (χ0v) is 17.3. The van der Waals surface area contributed by atoms with E-state index in [1.807, 2.05) is 65.3 Å². The summed E-state index contributed by atoms with van der Waals surface area (Å²) < 4.78 is 7.83. The van der Waals surface area contributed by atoms with Gasteiger partial charge >= 0.3 is 0 Å². The van der Waals surface area contributed by atoms with Crippen LogP contribution in [0.4, 0.5) is 0 Å². The number of carbonyl (C=O) groups excluding carboxylic acids is 1. The first kappa shape index (κ1) is 19.3. The Hall–Kier alpha value is -3.67. The molecular weight excluding hydrogens is 388 g/mol. The van der Waals surface area contributed by atoms with Gasteiger partial charge in [0.2, 0.25) is 0 Å². The van der Waals surface area contributed by atoms with Crippen LogP contribution >= 0.6 is 0 Å². The van der Waals surface area contributed by atoms with Crippen LogP contribution in [0.3, 0.4) is 0 Å². The van der Waals surface area contributed by atoms with Crippen molar-refractivity contribution in [3.05, 3.63) is 83.8 Å². The van der Waals surface area contributed by atoms with Crippen molar-refractivity contribution >= 4 is 16.8 Å². The summed E-state index contributed by atoms with van der Waals surface area (Å²) in [6, 6.07) is 19.8. The van der Waals surface area contributed by atoms with Gasteiger partial charge in [-0.2, -0.15) is 5.10 Å². The zero-order chi connectivity index (χ0) is 21.0. The molecule has 0 saturated heterocycles. The van der Waals surface area contributed by atoms with Crippen LogP contribution in [-0.4, -0.2) is 33.8 Å². The highest BCUT2D eigenvalue weighted by atomic mass is 16.5. The van der Waals surface area contributed by atoms with Crippen LogP contribution < -0.4 is 10.1 Å². The van der Waals surface area contributed by atoms with Gasteiger partial charge < -0.3 is 10.1 Å². The van der Waals surface area contributed by atoms with E-state index in [2.05, 4.69) is 15.4 Å². The predicted molar refractivity (Wildman–Crippen MR) is 120 cm³/mol. The third-order valence-corrected chi connectivity index (χ3v) is 5.61. The lowest BCUT2D eigenvalue weighted by molar-refractivity contribution is 0.0945. The van der Waals surface area contributed by atoms with Crippen molar-refractivity contribution in [1.82, 2.24) is 20.1 Å². The predicted octanol–water partition coefficient (Wildman–Crippen LogP) is 4.11. The number of nitrogens with zero attached hydrogens (tertiary/aromatic N) is 3. The number of benzene rings is 2. The average molecular weight is 412 g/mol. The molecule has 1 aliphatic carbocycles. The van der Waals surface area contributed by atoms with Gasteiger partial charge in [-0.25, -0.2) is 4.68 Å². The summed E-state index contributed by atoms with van der Waals surface area (Å²) >= 11 is 0. The number of para-hydroxylation sites is 2. The van der Waals surface area contributed by atoms with Crippen LogP contribution in [0.15, 0.2) is 66.9 Å². The normalized spacial score (nSPS) is 12.6. The van der Waals surface area contributed by atoms with Crippen molar-refractivity contribution in [3.8, 4) is 11.4 Å². The maximum atomic E-state index is 12.8. The number of carbonyl (C=O) groups is 1. The fourth-order valence-electron chi connectivity index (χ4n) is 4.14. The number of pyridine rings is 1. The quantitative estimate of drug-likeness (QED) is 0.464. The lowest BCUT2D eigenvalue weighted by atomic mass is 10.2. The molecule has 5 rings (SSSR count). The van der Waals surface area contributed by atoms with Gasteiger partial charge in [-0.05, 0) is 49.9 Å². The summed E-state index contributed by atoms with van der Waals surface area (Å²) in [7, 11) is 0. The Kier molecular flexibility index (Phi) is 5.35. The zero-order valence-electron chi connectivity index (χ0n) is 17.3. The molecule has 6 nitrogen and oxygen atoms in total. The second-order valence-corrected chi connectivity index (χ2v) is 7.66. The van der Waals surface area contributed by atoms with Gasteiger partial charge in [-0.15, -0.1) is 0 Å². The number of ether oxygens (including phenoxy) is 1. The second kappa shape index (κ2) is 8.60. The van der Waals surface area contributed by atoms with Crippen LogP contribution in [-0.2, 0) is 12.8 Å². The van der Waals surface area contributed by atoms with Crippen molar-refractivity contribution in [2.45, 2.75) is 25.7 Å². The molecule has 6 heteroatoms. The molecule has 156 valence electrons. The molecule has 0 radical (unpaired) electrons. The van der Waals surface area contributed by atoms with Gasteiger partial charge in [0.1, 0.15) is 11.3 Å². The monoisotopic (exact) mass is 412 g/mol. The number of rotatable bonds is 7. The number of aromatic nitrogens is 3. The number of hydrogen-bond donors (Lipinski definition) is 1. The molecule has 0 fully saturated rings. The molecule has 2 aromatic heterocycles. The Morgan fingerprint density at radius 3 is 2.81 bits per heavy atom. The molecule has 0 bridgehead atoms. The van der Waals surface area contributed by atoms with Gasteiger partial charge in [-0.1, -0.05) is 36.4 Å². The topological polar surface area (TPSA) is 69.0 Å². The third-order valence-electron chi connectivity index (χ3n) is 5.61. The maximum absolute atomic E-state index is 12.8. The standard InChI is InChI=1S/C25H24N4O2/c30-25(24-20-12-5-13-21(20)29(28-24)19-10-2-1-3-11-19)27-16-7-17-31-22-14-4-8-18-9-6-15-26-23(18)22/h1-4,6,8-11,14-15H,5,7,12-13,16-17H2,(H,27,30). The highest BCUT2D eigenvalue weighted by molar-refractivity contribution is 5.94. The number of amides is 1. The Morgan fingerprint density at radius 2 is 1.90 bits per heavy atom. The van der Waals surface area contributed by atoms with Gasteiger partial charge in [0.25, 0.3) is 5.91 Å². The fraction of sp³-hybridized carbons (Fsp3) is 0.240. The molecule has 31 heavy (non-hydrogen) atoms. The lowest BCUT2D eigenvalue weighted by Crippen LogP contribution is -2.27. The lowest BCUT2D eigenvalue weighted by Gasteiger charge is -2.09. The molecule has 0 spiro atoms. The largest absolute Gasteiger partial charge is 0.491 e. The molecule has 1 N–H and O–H groups in total. The molecule has 2 heterocycles. The van der Waals surface area contributed by atoms with Gasteiger partial charge in [-0.3, -0.25) is 9.78 Å². The van der Waals surface area contributed by atoms with Crippen molar-refractivity contribution < 1.29 is 9.53 Å². The summed E-state index contributed by atoms with van der Waals surface area (Å²) in [5.74, 6) is 0.656. The van der Waals surface area contributed by atoms with E-state index in [1.54, 1.807) is 6.20 Å². The molecule has 0 aliphatic heterocycles. The van der Waals surface area contributed by atoms with Crippen LogP contribution in [0.1, 0.15) is 34.6 Å². The van der Waals surface area contributed by atoms with Crippen LogP contribution in [0.2, 0.25) is 0 Å². The summed E-state index contributed by atoms with van der Waals surface area (Å²) in [4.78, 5) is 17.2. The van der Waals surface area contributed by atoms with E-state index in [-0.39, 0.29) is 5.91 Å². The molecule has 2 aromatic carbocycles. The summed E-state index contributed by atoms with van der Waals surface area (Å²) in [6.07, 6.45) is 5.39. The molecular formula is C25H24N4O2. The Balaban J connectivity index is 1.20. The average Bonchev–Trinajstić information content (AvgIpc) is 3.42. The second-order valence-electron chi connectivity index (χ2n) is 7.66. The van der Waals surface area contributed by atoms with E-state index < -0.39 is 0 Å². The van der Waals surface area contributed by atoms with E-state index in [1.165, 1.54) is 0 Å². The molecule has 0 unspecified atom stereocenters. The minimum atomic E-state index is -0.111. The highest BCUT2D eigenvalue weighted by Crippen LogP contribution is 2.28. The van der Waals surface area contributed by atoms with Crippen molar-refractivity contribution in [1.29, 1.82) is 0 Å². The molecule has 0 atom stereocenters. The number of nitrogens with one attached hydrogen (secondary N) is 1. The Morgan fingerprint density at radius 1 is 1.03 bits per heavy atom. The van der Waals surface area contributed by atoms with Crippen LogP contribution in [0, 0.1) is 0 Å². The van der Waals surface area contributed by atoms with Crippen molar-refractivity contribution in [3.63, 3.8) is 0 Å². The van der Waals surface area contributed by atoms with E-state index in [0.29, 0.717) is 25.3 Å². The van der Waals surface area contributed by atoms with E-state index in [9.17, 15) is 4.79 Å². The Labute approximate surface area is 180 Å². The molecule has 1 aliphatic rings. The van der Waals surface area contributed by atoms with Gasteiger partial charge in [0, 0.05) is 29.4 Å². The fourth-order valence-corrected chi connectivity index (χ4v) is 4.14. The minimum absolute atomic E-state index is 0.111. The number of hydrogen-bond acceptors (Lipinski definition) is 4. The van der Waals surface area contributed by atoms with E-state index in [0.717, 1.165) is 52.9 Å². The summed E-state index contributed by atoms with van der Waals surface area (Å²) in [5.41, 5.74) is 4.64. The van der Waals surface area contributed by atoms with Crippen LogP contribution in [0.25, 0.3) is 16.6 Å². The number of fused-ring (bicyclic) bond motifs is 2. The van der Waals surface area contributed by atoms with E-state index >= 15 is 0 Å². The smallest absolute Gasteiger partial charge is 0.272 e. The van der Waals surface area contributed by atoms with Crippen molar-refractivity contribution in [2.75, 3.05) is 13.2 Å². The molecule has 1 amide bonds. The summed E-state index contributed by atoms with van der Waals surface area (Å²) in [6.45, 7) is 1.04. The molecule has 0 saturated carbocycles. The maximum Gasteiger partial charge on any atom is 0.272 e. The van der Waals surface area contributed by atoms with Gasteiger partial charge in [0.05, 0.1) is 12.3 Å². The first-order chi connectivity index (χ1) is 15.3. The minimum Gasteiger partial charge on any atom is -0.491 e. The van der Waals surface area contributed by atoms with Crippen molar-refractivity contribution in [2.24, 2.45) is 0 Å². The first-order valence-corrected chi connectivity index (χ1v) is 10.7. The van der Waals surface area contributed by atoms with E-state index in [4.69, 9.17) is 4.74 Å².